The minimum atomic E-state index is -3.40. The van der Waals surface area contributed by atoms with E-state index in [1.54, 1.807) is 11.4 Å². The maximum Gasteiger partial charge on any atom is 0.282 e. The zero-order chi connectivity index (χ0) is 13.8. The molecule has 6 nitrogen and oxygen atoms in total. The molecule has 18 heavy (non-hydrogen) atoms. The summed E-state index contributed by atoms with van der Waals surface area (Å²) in [5.41, 5.74) is 0. The lowest BCUT2D eigenvalue weighted by molar-refractivity contribution is 0.259. The van der Waals surface area contributed by atoms with Crippen LogP contribution in [0.15, 0.2) is 0 Å². The normalized spacial score (nSPS) is 24.4. The summed E-state index contributed by atoms with van der Waals surface area (Å²) in [6, 6.07) is -0.0147. The molecule has 0 spiro atoms. The van der Waals surface area contributed by atoms with E-state index >= 15 is 0 Å². The van der Waals surface area contributed by atoms with E-state index in [9.17, 15) is 8.42 Å². The van der Waals surface area contributed by atoms with E-state index < -0.39 is 10.2 Å². The zero-order valence-electron chi connectivity index (χ0n) is 11.5. The zero-order valence-corrected chi connectivity index (χ0v) is 12.4. The van der Waals surface area contributed by atoms with Crippen LogP contribution in [0.5, 0.6) is 0 Å². The van der Waals surface area contributed by atoms with Crippen molar-refractivity contribution in [1.29, 1.82) is 0 Å². The number of aliphatic hydroxyl groups is 1. The van der Waals surface area contributed by atoms with Crippen molar-refractivity contribution in [1.82, 2.24) is 13.5 Å². The number of hydrogen-bond donors (Lipinski definition) is 1. The number of likely N-dealkylation sites (N-methyl/N-ethyl adjacent to an activating group) is 1. The topological polar surface area (TPSA) is 64.1 Å². The van der Waals surface area contributed by atoms with Crippen LogP contribution >= 0.6 is 0 Å². The minimum Gasteiger partial charge on any atom is -0.396 e. The second-order valence-corrected chi connectivity index (χ2v) is 6.97. The van der Waals surface area contributed by atoms with Gasteiger partial charge in [-0.2, -0.15) is 17.0 Å². The maximum atomic E-state index is 12.4. The summed E-state index contributed by atoms with van der Waals surface area (Å²) in [7, 11) is 0.190. The van der Waals surface area contributed by atoms with Crippen molar-refractivity contribution in [2.45, 2.75) is 25.8 Å². The molecule has 1 aliphatic heterocycles. The van der Waals surface area contributed by atoms with Crippen molar-refractivity contribution in [3.8, 4) is 0 Å². The molecule has 0 aliphatic carbocycles. The molecule has 0 aromatic rings. The van der Waals surface area contributed by atoms with Crippen molar-refractivity contribution in [3.05, 3.63) is 0 Å². The summed E-state index contributed by atoms with van der Waals surface area (Å²) in [5, 5.41) is 8.78. The van der Waals surface area contributed by atoms with Gasteiger partial charge in [-0.3, -0.25) is 0 Å². The van der Waals surface area contributed by atoms with Crippen LogP contribution in [-0.2, 0) is 10.2 Å². The Balaban J connectivity index is 2.76. The Morgan fingerprint density at radius 2 is 2.06 bits per heavy atom. The lowest BCUT2D eigenvalue weighted by atomic mass is 10.3. The fourth-order valence-corrected chi connectivity index (χ4v) is 3.88. The molecule has 1 rings (SSSR count). The molecule has 1 saturated heterocycles. The van der Waals surface area contributed by atoms with Gasteiger partial charge >= 0.3 is 0 Å². The van der Waals surface area contributed by atoms with Crippen molar-refractivity contribution >= 4 is 10.2 Å². The van der Waals surface area contributed by atoms with Crippen molar-refractivity contribution in [2.75, 3.05) is 46.9 Å². The summed E-state index contributed by atoms with van der Waals surface area (Å²) in [6.07, 6.45) is 1.33. The Kier molecular flexibility index (Phi) is 6.00. The number of nitrogens with zero attached hydrogens (tertiary/aromatic N) is 3. The summed E-state index contributed by atoms with van der Waals surface area (Å²) in [5.74, 6) is 0. The molecule has 7 heteroatoms. The van der Waals surface area contributed by atoms with E-state index in [1.807, 2.05) is 14.0 Å². The van der Waals surface area contributed by atoms with Crippen LogP contribution in [0.1, 0.15) is 19.8 Å². The lowest BCUT2D eigenvalue weighted by Gasteiger charge is -2.31. The van der Waals surface area contributed by atoms with E-state index in [0.29, 0.717) is 19.5 Å². The van der Waals surface area contributed by atoms with Crippen LogP contribution in [-0.4, -0.2) is 80.0 Å². The molecule has 1 fully saturated rings. The predicted octanol–water partition coefficient (Wildman–Crippen LogP) is -0.429. The second kappa shape index (κ2) is 6.81. The van der Waals surface area contributed by atoms with Gasteiger partial charge in [0.2, 0.25) is 0 Å². The predicted molar refractivity (Wildman–Crippen MR) is 71.5 cm³/mol. The summed E-state index contributed by atoms with van der Waals surface area (Å²) in [4.78, 5) is 2.16. The van der Waals surface area contributed by atoms with Crippen LogP contribution in [0.3, 0.4) is 0 Å². The Hall–Kier alpha value is -0.210. The maximum absolute atomic E-state index is 12.4. The fraction of sp³-hybridized carbons (Fsp3) is 1.00. The van der Waals surface area contributed by atoms with Gasteiger partial charge < -0.3 is 10.0 Å². The summed E-state index contributed by atoms with van der Waals surface area (Å²) < 4.78 is 27.7. The molecular formula is C11H25N3O3S. The van der Waals surface area contributed by atoms with Gasteiger partial charge in [0.25, 0.3) is 10.2 Å². The van der Waals surface area contributed by atoms with Crippen LogP contribution in [0.2, 0.25) is 0 Å². The highest BCUT2D eigenvalue weighted by atomic mass is 32.2. The molecule has 0 bridgehead atoms. The first kappa shape index (κ1) is 15.8. The van der Waals surface area contributed by atoms with Gasteiger partial charge in [0, 0.05) is 39.3 Å². The Bertz CT molecular complexity index is 347. The SMILES string of the molecule is CC1CN(C)CCCN1S(=O)(=O)N(C)CCCO. The van der Waals surface area contributed by atoms with Gasteiger partial charge in [0.1, 0.15) is 0 Å². The van der Waals surface area contributed by atoms with Gasteiger partial charge in [-0.15, -0.1) is 0 Å². The number of rotatable bonds is 5. The first-order valence-corrected chi connectivity index (χ1v) is 7.81. The minimum absolute atomic E-state index is 0.0121. The first-order valence-electron chi connectivity index (χ1n) is 6.42. The molecule has 0 radical (unpaired) electrons. The van der Waals surface area contributed by atoms with E-state index in [1.165, 1.54) is 4.31 Å². The Morgan fingerprint density at radius 1 is 1.39 bits per heavy atom. The number of hydrogen-bond acceptors (Lipinski definition) is 4. The highest BCUT2D eigenvalue weighted by Crippen LogP contribution is 2.16. The van der Waals surface area contributed by atoms with Crippen LogP contribution in [0.25, 0.3) is 0 Å². The van der Waals surface area contributed by atoms with E-state index in [-0.39, 0.29) is 12.6 Å². The van der Waals surface area contributed by atoms with Crippen molar-refractivity contribution in [3.63, 3.8) is 0 Å². The molecule has 1 atom stereocenters. The average molecular weight is 279 g/mol. The average Bonchev–Trinajstić information content (AvgIpc) is 2.46. The molecule has 0 aromatic carbocycles. The van der Waals surface area contributed by atoms with E-state index in [0.717, 1.165) is 19.5 Å². The molecular weight excluding hydrogens is 254 g/mol. The third-order valence-corrected chi connectivity index (χ3v) is 5.41. The molecule has 1 heterocycles. The smallest absolute Gasteiger partial charge is 0.282 e. The van der Waals surface area contributed by atoms with Gasteiger partial charge in [0.15, 0.2) is 0 Å². The van der Waals surface area contributed by atoms with Crippen LogP contribution in [0, 0.1) is 0 Å². The van der Waals surface area contributed by atoms with E-state index in [2.05, 4.69) is 4.90 Å². The molecule has 108 valence electrons. The fourth-order valence-electron chi connectivity index (χ4n) is 2.28. The van der Waals surface area contributed by atoms with Crippen molar-refractivity contribution in [2.24, 2.45) is 0 Å². The Morgan fingerprint density at radius 3 is 2.67 bits per heavy atom. The molecule has 1 unspecified atom stereocenters. The quantitative estimate of drug-likeness (QED) is 0.742. The summed E-state index contributed by atoms with van der Waals surface area (Å²) >= 11 is 0. The number of aliphatic hydroxyl groups excluding tert-OH is 1. The lowest BCUT2D eigenvalue weighted by Crippen LogP contribution is -2.48. The van der Waals surface area contributed by atoms with E-state index in [4.69, 9.17) is 5.11 Å². The second-order valence-electron chi connectivity index (χ2n) is 4.98. The molecule has 0 amide bonds. The monoisotopic (exact) mass is 279 g/mol. The highest BCUT2D eigenvalue weighted by molar-refractivity contribution is 7.86. The highest BCUT2D eigenvalue weighted by Gasteiger charge is 2.32. The van der Waals surface area contributed by atoms with Crippen LogP contribution in [0.4, 0.5) is 0 Å². The molecule has 0 saturated carbocycles. The third kappa shape index (κ3) is 3.89. The summed E-state index contributed by atoms with van der Waals surface area (Å²) in [6.45, 7) is 4.57. The van der Waals surface area contributed by atoms with Gasteiger partial charge in [-0.25, -0.2) is 0 Å². The first-order chi connectivity index (χ1) is 8.39. The van der Waals surface area contributed by atoms with Gasteiger partial charge in [-0.1, -0.05) is 0 Å². The van der Waals surface area contributed by atoms with Gasteiger partial charge in [0.05, 0.1) is 0 Å². The molecule has 1 N–H and O–H groups in total. The molecule has 1 aliphatic rings. The van der Waals surface area contributed by atoms with Crippen LogP contribution < -0.4 is 0 Å². The standard InChI is InChI=1S/C11H25N3O3S/c1-11-10-12(2)6-4-8-14(11)18(16,17)13(3)7-5-9-15/h11,15H,4-10H2,1-3H3. The largest absolute Gasteiger partial charge is 0.396 e. The Labute approximate surface area is 110 Å². The molecule has 0 aromatic heterocycles. The van der Waals surface area contributed by atoms with Crippen molar-refractivity contribution < 1.29 is 13.5 Å². The third-order valence-electron chi connectivity index (χ3n) is 3.31. The van der Waals surface area contributed by atoms with Gasteiger partial charge in [-0.05, 0) is 33.4 Å².